The number of nitrogens with zero attached hydrogens (tertiary/aromatic N) is 3. The summed E-state index contributed by atoms with van der Waals surface area (Å²) in [6.07, 6.45) is 2.74. The van der Waals surface area contributed by atoms with Crippen molar-refractivity contribution in [3.05, 3.63) is 63.5 Å². The second-order valence-electron chi connectivity index (χ2n) is 9.81. The number of hydrogen-bond donors (Lipinski definition) is 1. The van der Waals surface area contributed by atoms with Gasteiger partial charge in [-0.15, -0.1) is 0 Å². The first-order chi connectivity index (χ1) is 17.6. The van der Waals surface area contributed by atoms with Gasteiger partial charge >= 0.3 is 6.09 Å². The van der Waals surface area contributed by atoms with Gasteiger partial charge in [-0.25, -0.2) is 27.0 Å². The van der Waals surface area contributed by atoms with Gasteiger partial charge in [0.05, 0.1) is 33.7 Å². The second kappa shape index (κ2) is 10.2. The summed E-state index contributed by atoms with van der Waals surface area (Å²) in [5.41, 5.74) is 1.03. The van der Waals surface area contributed by atoms with Gasteiger partial charge in [-0.3, -0.25) is 4.79 Å². The van der Waals surface area contributed by atoms with Crippen LogP contribution in [0.2, 0.25) is 10.0 Å². The third kappa shape index (κ3) is 6.11. The lowest BCUT2D eigenvalue weighted by Gasteiger charge is -2.29. The van der Waals surface area contributed by atoms with Crippen LogP contribution in [-0.2, 0) is 14.8 Å². The monoisotopic (exact) mass is 582 g/mol. The summed E-state index contributed by atoms with van der Waals surface area (Å²) >= 11 is 12.7. The summed E-state index contributed by atoms with van der Waals surface area (Å²) in [6.45, 7) is 6.14. The van der Waals surface area contributed by atoms with Gasteiger partial charge in [0.15, 0.2) is 0 Å². The zero-order valence-electron chi connectivity index (χ0n) is 21.0. The number of benzene rings is 2. The van der Waals surface area contributed by atoms with E-state index in [0.29, 0.717) is 41.1 Å². The molecule has 0 spiro atoms. The fourth-order valence-corrected chi connectivity index (χ4v) is 4.85. The zero-order valence-corrected chi connectivity index (χ0v) is 23.3. The highest BCUT2D eigenvalue weighted by atomic mass is 35.5. The number of carbonyl (C=O) groups excluding carboxylic acids is 2. The Bertz CT molecular complexity index is 1600. The van der Waals surface area contributed by atoms with Gasteiger partial charge in [-0.2, -0.15) is 5.10 Å². The van der Waals surface area contributed by atoms with E-state index in [1.807, 2.05) is 6.08 Å². The Labute approximate surface area is 229 Å². The first kappa shape index (κ1) is 27.9. The van der Waals surface area contributed by atoms with E-state index >= 15 is 0 Å². The Morgan fingerprint density at radius 2 is 1.87 bits per heavy atom. The summed E-state index contributed by atoms with van der Waals surface area (Å²) in [5, 5.41) is 5.83. The number of fused-ring (bicyclic) bond motifs is 1. The van der Waals surface area contributed by atoms with Gasteiger partial charge in [-0.05, 0) is 57.0 Å². The van der Waals surface area contributed by atoms with Crippen LogP contribution in [0.1, 0.15) is 43.2 Å². The maximum Gasteiger partial charge on any atom is 0.410 e. The van der Waals surface area contributed by atoms with Crippen molar-refractivity contribution in [2.24, 2.45) is 0 Å². The van der Waals surface area contributed by atoms with Crippen LogP contribution >= 0.6 is 23.2 Å². The van der Waals surface area contributed by atoms with E-state index in [2.05, 4.69) is 0 Å². The number of halogens is 3. The van der Waals surface area contributed by atoms with Crippen LogP contribution in [0, 0.1) is 5.82 Å². The molecule has 13 heteroatoms. The molecule has 38 heavy (non-hydrogen) atoms. The van der Waals surface area contributed by atoms with E-state index < -0.39 is 39.0 Å². The van der Waals surface area contributed by atoms with Gasteiger partial charge in [0, 0.05) is 29.6 Å². The Kier molecular flexibility index (Phi) is 7.48. The fraction of sp³-hybridized carbons (Fsp3) is 0.320. The molecule has 0 radical (unpaired) electrons. The molecule has 2 heterocycles. The van der Waals surface area contributed by atoms with Crippen molar-refractivity contribution in [1.29, 1.82) is 0 Å². The van der Waals surface area contributed by atoms with E-state index in [4.69, 9.17) is 33.0 Å². The number of carbonyl (C=O) groups is 2. The summed E-state index contributed by atoms with van der Waals surface area (Å²) in [5.74, 6) is -2.12. The van der Waals surface area contributed by atoms with Crippen LogP contribution in [-0.4, -0.2) is 60.0 Å². The van der Waals surface area contributed by atoms with Crippen molar-refractivity contribution < 1.29 is 27.1 Å². The van der Waals surface area contributed by atoms with Crippen molar-refractivity contribution in [2.45, 2.75) is 32.8 Å². The molecule has 3 aromatic rings. The highest BCUT2D eigenvalue weighted by Crippen LogP contribution is 2.34. The third-order valence-electron chi connectivity index (χ3n) is 5.59. The van der Waals surface area contributed by atoms with Crippen molar-refractivity contribution in [3.8, 4) is 5.69 Å². The molecule has 4 rings (SSSR count). The third-order valence-corrected chi connectivity index (χ3v) is 6.69. The van der Waals surface area contributed by atoms with Gasteiger partial charge in [0.2, 0.25) is 10.0 Å². The fourth-order valence-electron chi connectivity index (χ4n) is 3.98. The molecule has 9 nitrogen and oxygen atoms in total. The second-order valence-corrected chi connectivity index (χ2v) is 12.4. The summed E-state index contributed by atoms with van der Waals surface area (Å²) in [4.78, 5) is 26.3. The molecular weight excluding hydrogens is 558 g/mol. The van der Waals surface area contributed by atoms with Crippen LogP contribution in [0.4, 0.5) is 9.18 Å². The lowest BCUT2D eigenvalue weighted by atomic mass is 10.0. The molecule has 0 saturated heterocycles. The van der Waals surface area contributed by atoms with E-state index in [-0.39, 0.29) is 10.7 Å². The molecule has 0 aliphatic carbocycles. The predicted octanol–water partition coefficient (Wildman–Crippen LogP) is 5.19. The predicted molar refractivity (Wildman–Crippen MR) is 144 cm³/mol. The smallest absolute Gasteiger partial charge is 0.410 e. The number of amides is 2. The van der Waals surface area contributed by atoms with Crippen LogP contribution in [0.25, 0.3) is 22.2 Å². The van der Waals surface area contributed by atoms with Crippen molar-refractivity contribution in [3.63, 3.8) is 0 Å². The molecule has 0 atom stereocenters. The molecule has 1 aliphatic heterocycles. The molecular formula is C25H25Cl2FN4O5S. The summed E-state index contributed by atoms with van der Waals surface area (Å²) in [6, 6.07) is 7.17. The quantitative estimate of drug-likeness (QED) is 0.453. The van der Waals surface area contributed by atoms with E-state index in [1.54, 1.807) is 48.6 Å². The first-order valence-corrected chi connectivity index (χ1v) is 14.1. The SMILES string of the molecule is CC(C)(C)OC(=O)N1CC=C(c2nn(-c3cc(F)c(C(=O)NS(C)(=O)=O)cc3Cl)c3ccc(Cl)cc23)CC1. The number of ether oxygens (including phenoxy) is 1. The highest BCUT2D eigenvalue weighted by molar-refractivity contribution is 7.89. The Morgan fingerprint density at radius 3 is 2.47 bits per heavy atom. The number of aromatic nitrogens is 2. The van der Waals surface area contributed by atoms with E-state index in [9.17, 15) is 22.4 Å². The maximum atomic E-state index is 15.0. The van der Waals surface area contributed by atoms with Crippen LogP contribution in [0.15, 0.2) is 36.4 Å². The Balaban J connectivity index is 1.73. The summed E-state index contributed by atoms with van der Waals surface area (Å²) in [7, 11) is -3.90. The Hall–Kier alpha value is -3.15. The number of hydrogen-bond acceptors (Lipinski definition) is 6. The summed E-state index contributed by atoms with van der Waals surface area (Å²) < 4.78 is 46.4. The minimum absolute atomic E-state index is 0.0234. The molecule has 202 valence electrons. The van der Waals surface area contributed by atoms with Gasteiger partial charge in [0.25, 0.3) is 5.91 Å². The van der Waals surface area contributed by atoms with Gasteiger partial charge in [-0.1, -0.05) is 29.3 Å². The van der Waals surface area contributed by atoms with Gasteiger partial charge < -0.3 is 9.64 Å². The lowest BCUT2D eigenvalue weighted by molar-refractivity contribution is 0.0270. The van der Waals surface area contributed by atoms with Crippen LogP contribution in [0.5, 0.6) is 0 Å². The van der Waals surface area contributed by atoms with E-state index in [1.165, 1.54) is 4.68 Å². The highest BCUT2D eigenvalue weighted by Gasteiger charge is 2.26. The number of rotatable bonds is 4. The lowest BCUT2D eigenvalue weighted by Crippen LogP contribution is -2.39. The average molecular weight is 583 g/mol. The normalized spacial score (nSPS) is 14.4. The van der Waals surface area contributed by atoms with Crippen LogP contribution < -0.4 is 4.72 Å². The van der Waals surface area contributed by atoms with Crippen molar-refractivity contribution in [2.75, 3.05) is 19.3 Å². The molecule has 0 fully saturated rings. The van der Waals surface area contributed by atoms with Crippen molar-refractivity contribution >= 4 is 61.7 Å². The molecule has 0 unspecified atom stereocenters. The minimum Gasteiger partial charge on any atom is -0.444 e. The molecule has 2 amide bonds. The van der Waals surface area contributed by atoms with Crippen LogP contribution in [0.3, 0.4) is 0 Å². The molecule has 1 aliphatic rings. The molecule has 2 aromatic carbocycles. The minimum atomic E-state index is -3.90. The number of nitrogens with one attached hydrogen (secondary N) is 1. The molecule has 0 bridgehead atoms. The van der Waals surface area contributed by atoms with Crippen molar-refractivity contribution in [1.82, 2.24) is 19.4 Å². The van der Waals surface area contributed by atoms with Gasteiger partial charge in [0.1, 0.15) is 11.4 Å². The molecule has 1 N–H and O–H groups in total. The standard InChI is InChI=1S/C25H25Cl2FN4O5S/c1-25(2,3)37-24(34)31-9-7-14(8-10-31)22-17-11-15(26)5-6-20(17)32(29-22)21-13-19(28)16(12-18(21)27)23(33)30-38(4,35)36/h5-7,11-13H,8-10H2,1-4H3,(H,30,33). The Morgan fingerprint density at radius 1 is 1.16 bits per heavy atom. The number of sulfonamides is 1. The first-order valence-electron chi connectivity index (χ1n) is 11.5. The largest absolute Gasteiger partial charge is 0.444 e. The molecule has 1 aromatic heterocycles. The average Bonchev–Trinajstić information content (AvgIpc) is 3.16. The maximum absolute atomic E-state index is 15.0. The molecule has 0 saturated carbocycles. The topological polar surface area (TPSA) is 111 Å². The van der Waals surface area contributed by atoms with E-state index in [0.717, 1.165) is 24.0 Å². The zero-order chi connectivity index (χ0) is 28.0.